The Kier molecular flexibility index (Phi) is 4.04. The normalized spacial score (nSPS) is 10.2. The Bertz CT molecular complexity index is 384. The van der Waals surface area contributed by atoms with Gasteiger partial charge in [-0.2, -0.15) is 5.10 Å². The number of rotatable bonds is 4. The van der Waals surface area contributed by atoms with E-state index in [-0.39, 0.29) is 30.1 Å². The summed E-state index contributed by atoms with van der Waals surface area (Å²) in [5.74, 6) is -0.570. The lowest BCUT2D eigenvalue weighted by Crippen LogP contribution is -2.39. The van der Waals surface area contributed by atoms with Crippen LogP contribution in [0.1, 0.15) is 30.0 Å². The summed E-state index contributed by atoms with van der Waals surface area (Å²) in [5, 5.41) is 11.6. The molecule has 0 aliphatic rings. The molecule has 0 spiro atoms. The number of nitrogens with zero attached hydrogens (tertiary/aromatic N) is 1. The molecule has 1 aromatic rings. The number of aromatic amines is 1. The molecule has 0 bridgehead atoms. The van der Waals surface area contributed by atoms with Crippen molar-refractivity contribution in [3.63, 3.8) is 0 Å². The fraction of sp³-hybridized carbons (Fsp3) is 0.500. The van der Waals surface area contributed by atoms with E-state index in [1.54, 1.807) is 13.0 Å². The van der Waals surface area contributed by atoms with Crippen LogP contribution in [0.3, 0.4) is 0 Å². The molecule has 6 heteroatoms. The molecular formula is C10H16N4O2. The van der Waals surface area contributed by atoms with Crippen LogP contribution in [-0.2, 0) is 4.79 Å². The summed E-state index contributed by atoms with van der Waals surface area (Å²) < 4.78 is 0. The van der Waals surface area contributed by atoms with E-state index in [9.17, 15) is 9.59 Å². The van der Waals surface area contributed by atoms with Crippen molar-refractivity contribution in [3.05, 3.63) is 17.5 Å². The minimum absolute atomic E-state index is 0.0388. The maximum atomic E-state index is 11.5. The van der Waals surface area contributed by atoms with Gasteiger partial charge in [-0.25, -0.2) is 0 Å². The maximum Gasteiger partial charge on any atom is 0.272 e. The second-order valence-corrected chi connectivity index (χ2v) is 3.84. The molecule has 0 unspecified atom stereocenters. The molecule has 0 atom stereocenters. The monoisotopic (exact) mass is 224 g/mol. The van der Waals surface area contributed by atoms with Gasteiger partial charge in [-0.1, -0.05) is 0 Å². The van der Waals surface area contributed by atoms with Crippen LogP contribution in [0.2, 0.25) is 0 Å². The molecule has 0 aromatic carbocycles. The van der Waals surface area contributed by atoms with Gasteiger partial charge in [-0.05, 0) is 26.8 Å². The predicted molar refractivity (Wildman–Crippen MR) is 58.9 cm³/mol. The Morgan fingerprint density at radius 3 is 2.69 bits per heavy atom. The maximum absolute atomic E-state index is 11.5. The van der Waals surface area contributed by atoms with Crippen molar-refractivity contribution >= 4 is 11.8 Å². The van der Waals surface area contributed by atoms with Crippen LogP contribution in [0.15, 0.2) is 6.07 Å². The van der Waals surface area contributed by atoms with Crippen molar-refractivity contribution in [1.82, 2.24) is 20.8 Å². The number of carbonyl (C=O) groups is 2. The zero-order chi connectivity index (χ0) is 12.1. The molecule has 0 fully saturated rings. The zero-order valence-electron chi connectivity index (χ0n) is 9.63. The van der Waals surface area contributed by atoms with E-state index in [0.717, 1.165) is 5.69 Å². The molecule has 0 aliphatic heterocycles. The molecule has 1 heterocycles. The zero-order valence-corrected chi connectivity index (χ0v) is 9.63. The average molecular weight is 224 g/mol. The Hall–Kier alpha value is -1.85. The standard InChI is InChI=1S/C10H16N4O2/c1-6(2)12-9(15)5-11-10(16)8-4-7(3)13-14-8/h4,6H,5H2,1-3H3,(H,11,16)(H,12,15)(H,13,14). The molecule has 6 nitrogen and oxygen atoms in total. The highest BCUT2D eigenvalue weighted by atomic mass is 16.2. The molecule has 0 radical (unpaired) electrons. The second kappa shape index (κ2) is 5.29. The van der Waals surface area contributed by atoms with Crippen molar-refractivity contribution in [3.8, 4) is 0 Å². The first-order chi connectivity index (χ1) is 7.49. The molecule has 1 rings (SSSR count). The minimum Gasteiger partial charge on any atom is -0.352 e. The van der Waals surface area contributed by atoms with Gasteiger partial charge in [0.05, 0.1) is 6.54 Å². The van der Waals surface area contributed by atoms with Crippen molar-refractivity contribution < 1.29 is 9.59 Å². The lowest BCUT2D eigenvalue weighted by molar-refractivity contribution is -0.120. The van der Waals surface area contributed by atoms with E-state index in [1.807, 2.05) is 13.8 Å². The van der Waals surface area contributed by atoms with Crippen molar-refractivity contribution in [2.24, 2.45) is 0 Å². The molecule has 88 valence electrons. The van der Waals surface area contributed by atoms with E-state index in [0.29, 0.717) is 0 Å². The Labute approximate surface area is 93.8 Å². The van der Waals surface area contributed by atoms with Crippen molar-refractivity contribution in [2.45, 2.75) is 26.8 Å². The van der Waals surface area contributed by atoms with Crippen LogP contribution in [0.25, 0.3) is 0 Å². The molecule has 2 amide bonds. The van der Waals surface area contributed by atoms with Crippen LogP contribution in [0.4, 0.5) is 0 Å². The minimum atomic E-state index is -0.358. The van der Waals surface area contributed by atoms with Gasteiger partial charge in [0, 0.05) is 11.7 Å². The average Bonchev–Trinajstić information content (AvgIpc) is 2.60. The SMILES string of the molecule is Cc1cc(C(=O)NCC(=O)NC(C)C)n[nH]1. The van der Waals surface area contributed by atoms with Gasteiger partial charge in [0.25, 0.3) is 5.91 Å². The third-order valence-corrected chi connectivity index (χ3v) is 1.80. The summed E-state index contributed by atoms with van der Waals surface area (Å²) in [4.78, 5) is 22.7. The van der Waals surface area contributed by atoms with Gasteiger partial charge >= 0.3 is 0 Å². The first-order valence-electron chi connectivity index (χ1n) is 5.08. The highest BCUT2D eigenvalue weighted by molar-refractivity contribution is 5.94. The molecule has 3 N–H and O–H groups in total. The Balaban J connectivity index is 2.38. The highest BCUT2D eigenvalue weighted by Crippen LogP contribution is 1.96. The number of H-pyrrole nitrogens is 1. The summed E-state index contributed by atoms with van der Waals surface area (Å²) in [6.45, 7) is 5.48. The van der Waals surface area contributed by atoms with Gasteiger partial charge in [0.2, 0.25) is 5.91 Å². The highest BCUT2D eigenvalue weighted by Gasteiger charge is 2.10. The van der Waals surface area contributed by atoms with E-state index >= 15 is 0 Å². The summed E-state index contributed by atoms with van der Waals surface area (Å²) >= 11 is 0. The van der Waals surface area contributed by atoms with Crippen molar-refractivity contribution in [2.75, 3.05) is 6.54 Å². The predicted octanol–water partition coefficient (Wildman–Crippen LogP) is -0.0275. The largest absolute Gasteiger partial charge is 0.352 e. The van der Waals surface area contributed by atoms with Crippen LogP contribution < -0.4 is 10.6 Å². The Morgan fingerprint density at radius 2 is 2.19 bits per heavy atom. The molecular weight excluding hydrogens is 208 g/mol. The Morgan fingerprint density at radius 1 is 1.50 bits per heavy atom. The van der Waals surface area contributed by atoms with E-state index in [4.69, 9.17) is 0 Å². The van der Waals surface area contributed by atoms with Gasteiger partial charge in [-0.15, -0.1) is 0 Å². The summed E-state index contributed by atoms with van der Waals surface area (Å²) in [6.07, 6.45) is 0. The summed E-state index contributed by atoms with van der Waals surface area (Å²) in [6, 6.07) is 1.69. The quantitative estimate of drug-likeness (QED) is 0.671. The number of amides is 2. The summed E-state index contributed by atoms with van der Waals surface area (Å²) in [5.41, 5.74) is 1.09. The van der Waals surface area contributed by atoms with Gasteiger partial charge in [-0.3, -0.25) is 14.7 Å². The van der Waals surface area contributed by atoms with Crippen LogP contribution >= 0.6 is 0 Å². The molecule has 0 saturated heterocycles. The van der Waals surface area contributed by atoms with Crippen LogP contribution in [0.5, 0.6) is 0 Å². The lowest BCUT2D eigenvalue weighted by Gasteiger charge is -2.08. The fourth-order valence-corrected chi connectivity index (χ4v) is 1.16. The van der Waals surface area contributed by atoms with Crippen molar-refractivity contribution in [1.29, 1.82) is 0 Å². The number of aromatic nitrogens is 2. The molecule has 0 aliphatic carbocycles. The van der Waals surface area contributed by atoms with Gasteiger partial charge in [0.1, 0.15) is 5.69 Å². The fourth-order valence-electron chi connectivity index (χ4n) is 1.16. The van der Waals surface area contributed by atoms with E-state index < -0.39 is 0 Å². The lowest BCUT2D eigenvalue weighted by atomic mass is 10.3. The number of carbonyl (C=O) groups excluding carboxylic acids is 2. The molecule has 0 saturated carbocycles. The molecule has 1 aromatic heterocycles. The first kappa shape index (κ1) is 12.2. The topological polar surface area (TPSA) is 86.9 Å². The second-order valence-electron chi connectivity index (χ2n) is 3.84. The van der Waals surface area contributed by atoms with Gasteiger partial charge < -0.3 is 10.6 Å². The number of aryl methyl sites for hydroxylation is 1. The number of hydrogen-bond acceptors (Lipinski definition) is 3. The number of nitrogens with one attached hydrogen (secondary N) is 3. The third-order valence-electron chi connectivity index (χ3n) is 1.80. The third kappa shape index (κ3) is 3.72. The van der Waals surface area contributed by atoms with E-state index in [1.165, 1.54) is 0 Å². The summed E-state index contributed by atoms with van der Waals surface area (Å²) in [7, 11) is 0. The van der Waals surface area contributed by atoms with Crippen LogP contribution in [-0.4, -0.2) is 34.6 Å². The van der Waals surface area contributed by atoms with Crippen LogP contribution in [0, 0.1) is 6.92 Å². The molecule has 16 heavy (non-hydrogen) atoms. The first-order valence-corrected chi connectivity index (χ1v) is 5.08. The van der Waals surface area contributed by atoms with E-state index in [2.05, 4.69) is 20.8 Å². The number of hydrogen-bond donors (Lipinski definition) is 3. The smallest absolute Gasteiger partial charge is 0.272 e. The van der Waals surface area contributed by atoms with Gasteiger partial charge in [0.15, 0.2) is 0 Å².